The maximum atomic E-state index is 13.7. The summed E-state index contributed by atoms with van der Waals surface area (Å²) >= 11 is 0. The molecule has 0 radical (unpaired) electrons. The molecule has 2 aromatic carbocycles. The second-order valence-corrected chi connectivity index (χ2v) is 6.87. The van der Waals surface area contributed by atoms with E-state index in [0.29, 0.717) is 0 Å². The van der Waals surface area contributed by atoms with Gasteiger partial charge in [-0.05, 0) is 44.2 Å². The first-order valence-corrected chi connectivity index (χ1v) is 8.71. The molecule has 7 nitrogen and oxygen atoms in total. The Morgan fingerprint density at radius 2 is 1.54 bits per heavy atom. The van der Waals surface area contributed by atoms with Crippen LogP contribution in [0, 0.1) is 5.82 Å². The van der Waals surface area contributed by atoms with E-state index in [1.807, 2.05) is 0 Å². The fourth-order valence-electron chi connectivity index (χ4n) is 3.47. The van der Waals surface area contributed by atoms with Gasteiger partial charge in [0.2, 0.25) is 0 Å². The molecule has 2 heterocycles. The second-order valence-electron chi connectivity index (χ2n) is 6.87. The van der Waals surface area contributed by atoms with Crippen molar-refractivity contribution in [2.45, 2.75) is 26.6 Å². The van der Waals surface area contributed by atoms with Gasteiger partial charge in [-0.3, -0.25) is 28.4 Å². The maximum absolute atomic E-state index is 13.7. The first-order valence-electron chi connectivity index (χ1n) is 8.71. The molecule has 3 aromatic rings. The highest BCUT2D eigenvalue weighted by molar-refractivity contribution is 6.21. The monoisotopic (exact) mass is 381 g/mol. The molecule has 1 aromatic heterocycles. The number of imide groups is 1. The van der Waals surface area contributed by atoms with E-state index >= 15 is 0 Å². The van der Waals surface area contributed by atoms with Gasteiger partial charge < -0.3 is 0 Å². The number of hydrogen-bond donors (Lipinski definition) is 0. The van der Waals surface area contributed by atoms with Crippen LogP contribution in [0.5, 0.6) is 0 Å². The summed E-state index contributed by atoms with van der Waals surface area (Å²) in [6, 6.07) is 9.38. The highest BCUT2D eigenvalue weighted by Gasteiger charge is 2.36. The molecule has 0 fully saturated rings. The minimum absolute atomic E-state index is 0.00455. The Balaban J connectivity index is 1.93. The third-order valence-electron chi connectivity index (χ3n) is 4.81. The van der Waals surface area contributed by atoms with Crippen LogP contribution < -0.4 is 11.2 Å². The Bertz CT molecular complexity index is 1240. The van der Waals surface area contributed by atoms with Gasteiger partial charge in [-0.2, -0.15) is 0 Å². The largest absolute Gasteiger partial charge is 0.333 e. The molecule has 0 aliphatic carbocycles. The lowest BCUT2D eigenvalue weighted by molar-refractivity contribution is 0.0605. The van der Waals surface area contributed by atoms with Crippen LogP contribution in [0.2, 0.25) is 0 Å². The highest BCUT2D eigenvalue weighted by Crippen LogP contribution is 2.23. The van der Waals surface area contributed by atoms with Crippen molar-refractivity contribution >= 4 is 22.7 Å². The van der Waals surface area contributed by atoms with Gasteiger partial charge in [0.05, 0.1) is 22.0 Å². The van der Waals surface area contributed by atoms with Crippen LogP contribution in [-0.2, 0) is 6.67 Å². The third kappa shape index (κ3) is 2.49. The third-order valence-corrected chi connectivity index (χ3v) is 4.81. The lowest BCUT2D eigenvalue weighted by Crippen LogP contribution is -2.44. The van der Waals surface area contributed by atoms with Gasteiger partial charge in [-0.15, -0.1) is 0 Å². The molecule has 28 heavy (non-hydrogen) atoms. The van der Waals surface area contributed by atoms with E-state index in [9.17, 15) is 23.6 Å². The fourth-order valence-corrected chi connectivity index (χ4v) is 3.47. The Labute approximate surface area is 158 Å². The van der Waals surface area contributed by atoms with Crippen LogP contribution in [0.4, 0.5) is 4.39 Å². The fraction of sp³-hybridized carbons (Fsp3) is 0.200. The molecule has 1 aliphatic rings. The van der Waals surface area contributed by atoms with E-state index in [1.165, 1.54) is 6.07 Å². The molecule has 0 saturated heterocycles. The lowest BCUT2D eigenvalue weighted by atomic mass is 10.1. The normalized spacial score (nSPS) is 13.6. The molecule has 8 heteroatoms. The van der Waals surface area contributed by atoms with Gasteiger partial charge in [-0.25, -0.2) is 9.18 Å². The predicted molar refractivity (Wildman–Crippen MR) is 99.8 cm³/mol. The van der Waals surface area contributed by atoms with Crippen LogP contribution in [0.3, 0.4) is 0 Å². The standard InChI is InChI=1S/C20H16FN3O4/c1-11(2)24-19(27)15-9-12(21)7-8-16(15)22(20(24)28)10-23-17(25)13-5-3-4-6-14(13)18(23)26/h3-9,11H,10H2,1-2H3. The van der Waals surface area contributed by atoms with Gasteiger partial charge in [0, 0.05) is 6.04 Å². The zero-order valence-corrected chi connectivity index (χ0v) is 15.2. The molecule has 0 N–H and O–H groups in total. The number of rotatable bonds is 3. The van der Waals surface area contributed by atoms with E-state index in [-0.39, 0.29) is 28.7 Å². The highest BCUT2D eigenvalue weighted by atomic mass is 19.1. The summed E-state index contributed by atoms with van der Waals surface area (Å²) in [6.07, 6.45) is 0. The van der Waals surface area contributed by atoms with Gasteiger partial charge in [0.1, 0.15) is 12.5 Å². The van der Waals surface area contributed by atoms with Crippen molar-refractivity contribution < 1.29 is 14.0 Å². The summed E-state index contributed by atoms with van der Waals surface area (Å²) in [6.45, 7) is 2.93. The molecular formula is C20H16FN3O4. The number of carbonyl (C=O) groups excluding carboxylic acids is 2. The smallest absolute Gasteiger partial charge is 0.274 e. The van der Waals surface area contributed by atoms with Crippen molar-refractivity contribution in [3.05, 3.63) is 80.2 Å². The molecule has 0 spiro atoms. The van der Waals surface area contributed by atoms with Crippen molar-refractivity contribution in [2.75, 3.05) is 0 Å². The van der Waals surface area contributed by atoms with E-state index < -0.39 is 34.9 Å². The van der Waals surface area contributed by atoms with Crippen LogP contribution in [0.15, 0.2) is 52.1 Å². The molecule has 0 unspecified atom stereocenters. The van der Waals surface area contributed by atoms with Crippen LogP contribution in [0.1, 0.15) is 40.6 Å². The molecule has 1 aliphatic heterocycles. The average Bonchev–Trinajstić information content (AvgIpc) is 2.90. The second kappa shape index (κ2) is 6.26. The summed E-state index contributed by atoms with van der Waals surface area (Å²) in [7, 11) is 0. The average molecular weight is 381 g/mol. The summed E-state index contributed by atoms with van der Waals surface area (Å²) in [5.74, 6) is -1.67. The van der Waals surface area contributed by atoms with Crippen molar-refractivity contribution in [3.8, 4) is 0 Å². The molecule has 4 rings (SSSR count). The first kappa shape index (κ1) is 17.8. The Morgan fingerprint density at radius 3 is 2.11 bits per heavy atom. The maximum Gasteiger partial charge on any atom is 0.333 e. The van der Waals surface area contributed by atoms with Crippen molar-refractivity contribution in [3.63, 3.8) is 0 Å². The Morgan fingerprint density at radius 1 is 0.929 bits per heavy atom. The van der Waals surface area contributed by atoms with Crippen molar-refractivity contribution in [1.29, 1.82) is 0 Å². The van der Waals surface area contributed by atoms with Crippen molar-refractivity contribution in [2.24, 2.45) is 0 Å². The number of fused-ring (bicyclic) bond motifs is 2. The number of aromatic nitrogens is 2. The quantitative estimate of drug-likeness (QED) is 0.651. The number of carbonyl (C=O) groups is 2. The summed E-state index contributed by atoms with van der Waals surface area (Å²) in [4.78, 5) is 51.9. The molecule has 0 bridgehead atoms. The Hall–Kier alpha value is -3.55. The molecule has 0 atom stereocenters. The topological polar surface area (TPSA) is 81.4 Å². The molecule has 0 saturated carbocycles. The molecule has 2 amide bonds. The van der Waals surface area contributed by atoms with E-state index in [2.05, 4.69) is 0 Å². The lowest BCUT2D eigenvalue weighted by Gasteiger charge is -2.20. The number of amides is 2. The Kier molecular flexibility index (Phi) is 3.99. The van der Waals surface area contributed by atoms with Crippen LogP contribution >= 0.6 is 0 Å². The predicted octanol–water partition coefficient (Wildman–Crippen LogP) is 2.14. The number of benzene rings is 2. The van der Waals surface area contributed by atoms with Crippen molar-refractivity contribution in [1.82, 2.24) is 14.0 Å². The van der Waals surface area contributed by atoms with Gasteiger partial charge in [0.15, 0.2) is 0 Å². The first-order chi connectivity index (χ1) is 13.3. The van der Waals surface area contributed by atoms with Gasteiger partial charge in [-0.1, -0.05) is 12.1 Å². The summed E-state index contributed by atoms with van der Waals surface area (Å²) in [5.41, 5.74) is -0.616. The summed E-state index contributed by atoms with van der Waals surface area (Å²) in [5, 5.41) is 0.00455. The minimum atomic E-state index is -0.671. The zero-order chi connectivity index (χ0) is 20.2. The number of hydrogen-bond acceptors (Lipinski definition) is 4. The van der Waals surface area contributed by atoms with Crippen LogP contribution in [0.25, 0.3) is 10.9 Å². The van der Waals surface area contributed by atoms with Gasteiger partial charge in [0.25, 0.3) is 17.4 Å². The molecular weight excluding hydrogens is 365 g/mol. The van der Waals surface area contributed by atoms with E-state index in [4.69, 9.17) is 0 Å². The van der Waals surface area contributed by atoms with Gasteiger partial charge >= 0.3 is 5.69 Å². The number of nitrogens with zero attached hydrogens (tertiary/aromatic N) is 3. The zero-order valence-electron chi connectivity index (χ0n) is 15.2. The van der Waals surface area contributed by atoms with E-state index in [1.54, 1.807) is 38.1 Å². The molecule has 142 valence electrons. The van der Waals surface area contributed by atoms with E-state index in [0.717, 1.165) is 26.2 Å². The van der Waals surface area contributed by atoms with Crippen LogP contribution in [-0.4, -0.2) is 25.8 Å². The summed E-state index contributed by atoms with van der Waals surface area (Å²) < 4.78 is 15.9. The minimum Gasteiger partial charge on any atom is -0.274 e. The SMILES string of the molecule is CC(C)n1c(=O)c2cc(F)ccc2n(CN2C(=O)c3ccccc3C2=O)c1=O. The number of halogens is 1.